The van der Waals surface area contributed by atoms with Crippen LogP contribution in [0.1, 0.15) is 26.6 Å². The van der Waals surface area contributed by atoms with Gasteiger partial charge in [0.25, 0.3) is 5.91 Å². The van der Waals surface area contributed by atoms with E-state index in [-0.39, 0.29) is 12.5 Å². The Kier molecular flexibility index (Phi) is 5.75. The number of carbonyl (C=O) groups excluding carboxylic acids is 2. The molecule has 0 spiro atoms. The molecule has 0 radical (unpaired) electrons. The van der Waals surface area contributed by atoms with Crippen LogP contribution in [-0.2, 0) is 6.54 Å². The van der Waals surface area contributed by atoms with Gasteiger partial charge < -0.3 is 20.2 Å². The van der Waals surface area contributed by atoms with Crippen molar-refractivity contribution in [3.8, 4) is 22.8 Å². The zero-order valence-corrected chi connectivity index (χ0v) is 16.4. The largest absolute Gasteiger partial charge is 0.457 e. The number of rotatable bonds is 7. The van der Waals surface area contributed by atoms with E-state index in [4.69, 9.17) is 14.9 Å². The summed E-state index contributed by atoms with van der Waals surface area (Å²) in [6.07, 6.45) is 1.64. The van der Waals surface area contributed by atoms with Crippen LogP contribution in [0.25, 0.3) is 11.3 Å². The number of amides is 2. The second-order valence-electron chi connectivity index (χ2n) is 6.68. The predicted octanol–water partition coefficient (Wildman–Crippen LogP) is 4.16. The van der Waals surface area contributed by atoms with Gasteiger partial charge in [-0.25, -0.2) is 4.98 Å². The molecule has 0 bridgehead atoms. The number of hydrogen-bond acceptors (Lipinski definition) is 5. The minimum absolute atomic E-state index is 0.177. The molecule has 0 aliphatic carbocycles. The molecule has 31 heavy (non-hydrogen) atoms. The van der Waals surface area contributed by atoms with Crippen molar-refractivity contribution >= 4 is 11.8 Å². The van der Waals surface area contributed by atoms with Crippen molar-refractivity contribution < 1.29 is 18.7 Å². The summed E-state index contributed by atoms with van der Waals surface area (Å²) in [4.78, 5) is 27.7. The maximum absolute atomic E-state index is 12.4. The van der Waals surface area contributed by atoms with Crippen LogP contribution >= 0.6 is 0 Å². The minimum Gasteiger partial charge on any atom is -0.457 e. The van der Waals surface area contributed by atoms with Crippen LogP contribution < -0.4 is 15.8 Å². The summed E-state index contributed by atoms with van der Waals surface area (Å²) in [5.74, 6) is 1.44. The van der Waals surface area contributed by atoms with Crippen molar-refractivity contribution in [3.05, 3.63) is 102 Å². The van der Waals surface area contributed by atoms with E-state index in [1.54, 1.807) is 54.7 Å². The highest BCUT2D eigenvalue weighted by Gasteiger charge is 2.10. The molecule has 4 rings (SSSR count). The first-order valence-electron chi connectivity index (χ1n) is 9.54. The number of primary amides is 1. The number of aromatic nitrogens is 1. The van der Waals surface area contributed by atoms with Gasteiger partial charge in [-0.05, 0) is 48.5 Å². The summed E-state index contributed by atoms with van der Waals surface area (Å²) in [5.41, 5.74) is 7.03. The van der Waals surface area contributed by atoms with Crippen molar-refractivity contribution in [1.82, 2.24) is 10.3 Å². The maximum atomic E-state index is 12.4. The van der Waals surface area contributed by atoms with Crippen molar-refractivity contribution in [1.29, 1.82) is 0 Å². The predicted molar refractivity (Wildman–Crippen MR) is 115 cm³/mol. The zero-order chi connectivity index (χ0) is 21.6. The Bertz CT molecular complexity index is 1180. The first kappa shape index (κ1) is 19.9. The van der Waals surface area contributed by atoms with Gasteiger partial charge in [0.1, 0.15) is 11.5 Å². The number of oxazole rings is 1. The first-order chi connectivity index (χ1) is 15.1. The lowest BCUT2D eigenvalue weighted by molar-refractivity contribution is 0.0946. The Hall–Kier alpha value is -4.39. The van der Waals surface area contributed by atoms with Crippen molar-refractivity contribution in [2.45, 2.75) is 6.54 Å². The number of ether oxygens (including phenoxy) is 1. The number of nitrogens with two attached hydrogens (primary N) is 1. The van der Waals surface area contributed by atoms with Gasteiger partial charge in [0, 0.05) is 16.7 Å². The van der Waals surface area contributed by atoms with E-state index < -0.39 is 5.91 Å². The molecule has 7 nitrogen and oxygen atoms in total. The second-order valence-corrected chi connectivity index (χ2v) is 6.68. The Morgan fingerprint density at radius 2 is 1.48 bits per heavy atom. The van der Waals surface area contributed by atoms with Gasteiger partial charge in [-0.1, -0.05) is 30.3 Å². The monoisotopic (exact) mass is 413 g/mol. The van der Waals surface area contributed by atoms with Gasteiger partial charge in [-0.15, -0.1) is 0 Å². The molecule has 3 aromatic carbocycles. The Morgan fingerprint density at radius 3 is 2.10 bits per heavy atom. The summed E-state index contributed by atoms with van der Waals surface area (Å²) < 4.78 is 11.4. The Balaban J connectivity index is 1.33. The van der Waals surface area contributed by atoms with Crippen LogP contribution in [0.15, 0.2) is 89.5 Å². The summed E-state index contributed by atoms with van der Waals surface area (Å²) in [6.45, 7) is 0.177. The van der Waals surface area contributed by atoms with Crippen molar-refractivity contribution in [2.75, 3.05) is 0 Å². The number of carbonyl (C=O) groups is 2. The fraction of sp³-hybridized carbons (Fsp3) is 0.0417. The van der Waals surface area contributed by atoms with E-state index in [2.05, 4.69) is 10.3 Å². The smallest absolute Gasteiger partial charge is 0.251 e. The highest BCUT2D eigenvalue weighted by atomic mass is 16.5. The molecule has 3 N–H and O–H groups in total. The van der Waals surface area contributed by atoms with Crippen molar-refractivity contribution in [2.24, 2.45) is 5.73 Å². The maximum Gasteiger partial charge on any atom is 0.251 e. The third-order valence-electron chi connectivity index (χ3n) is 4.50. The van der Waals surface area contributed by atoms with E-state index in [0.717, 1.165) is 5.56 Å². The molecule has 1 aromatic heterocycles. The molecule has 0 atom stereocenters. The molecule has 0 aliphatic rings. The van der Waals surface area contributed by atoms with Gasteiger partial charge in [0.2, 0.25) is 11.8 Å². The average molecular weight is 413 g/mol. The van der Waals surface area contributed by atoms with Crippen LogP contribution in [-0.4, -0.2) is 16.8 Å². The van der Waals surface area contributed by atoms with Gasteiger partial charge in [0.15, 0.2) is 5.76 Å². The lowest BCUT2D eigenvalue weighted by Gasteiger charge is -2.07. The summed E-state index contributed by atoms with van der Waals surface area (Å²) in [5, 5.41) is 2.79. The van der Waals surface area contributed by atoms with Crippen LogP contribution in [0.3, 0.4) is 0 Å². The van der Waals surface area contributed by atoms with E-state index in [1.807, 2.05) is 30.3 Å². The number of nitrogens with one attached hydrogen (secondary N) is 1. The van der Waals surface area contributed by atoms with E-state index in [9.17, 15) is 9.59 Å². The minimum atomic E-state index is -0.497. The summed E-state index contributed by atoms with van der Waals surface area (Å²) in [7, 11) is 0. The van der Waals surface area contributed by atoms with Crippen molar-refractivity contribution in [3.63, 3.8) is 0 Å². The molecule has 0 saturated heterocycles. The molecule has 7 heteroatoms. The molecule has 0 saturated carbocycles. The number of hydrogen-bond donors (Lipinski definition) is 2. The molecule has 154 valence electrons. The molecule has 1 heterocycles. The van der Waals surface area contributed by atoms with Gasteiger partial charge in [-0.3, -0.25) is 9.59 Å². The normalized spacial score (nSPS) is 10.5. The highest BCUT2D eigenvalue weighted by molar-refractivity contribution is 5.94. The zero-order valence-electron chi connectivity index (χ0n) is 16.4. The molecular formula is C24H19N3O4. The molecule has 0 unspecified atom stereocenters. The Morgan fingerprint density at radius 1 is 0.871 bits per heavy atom. The second kappa shape index (κ2) is 8.96. The van der Waals surface area contributed by atoms with E-state index >= 15 is 0 Å². The van der Waals surface area contributed by atoms with Gasteiger partial charge >= 0.3 is 0 Å². The number of benzene rings is 3. The molecule has 0 fully saturated rings. The molecule has 4 aromatic rings. The topological polar surface area (TPSA) is 107 Å². The van der Waals surface area contributed by atoms with Crippen LogP contribution in [0.4, 0.5) is 0 Å². The lowest BCUT2D eigenvalue weighted by Crippen LogP contribution is -2.22. The summed E-state index contributed by atoms with van der Waals surface area (Å²) >= 11 is 0. The third kappa shape index (κ3) is 4.97. The van der Waals surface area contributed by atoms with Crippen LogP contribution in [0.5, 0.6) is 11.5 Å². The average Bonchev–Trinajstić information content (AvgIpc) is 3.28. The standard InChI is InChI=1S/C24H19N3O4/c25-23(28)17-6-10-19(11-7-17)30-20-12-8-18(9-13-20)24(29)27-15-22-26-14-21(31-22)16-4-2-1-3-5-16/h1-14H,15H2,(H2,25,28)(H,27,29). The highest BCUT2D eigenvalue weighted by Crippen LogP contribution is 2.22. The summed E-state index contributed by atoms with van der Waals surface area (Å²) in [6, 6.07) is 22.8. The number of nitrogens with zero attached hydrogens (tertiary/aromatic N) is 1. The van der Waals surface area contributed by atoms with Gasteiger partial charge in [-0.2, -0.15) is 0 Å². The van der Waals surface area contributed by atoms with Gasteiger partial charge in [0.05, 0.1) is 12.7 Å². The molecular weight excluding hydrogens is 394 g/mol. The lowest BCUT2D eigenvalue weighted by atomic mass is 10.2. The fourth-order valence-corrected chi connectivity index (χ4v) is 2.88. The molecule has 2 amide bonds. The van der Waals surface area contributed by atoms with E-state index in [0.29, 0.717) is 34.3 Å². The van der Waals surface area contributed by atoms with Crippen LogP contribution in [0.2, 0.25) is 0 Å². The molecule has 0 aliphatic heterocycles. The first-order valence-corrected chi connectivity index (χ1v) is 9.54. The quantitative estimate of drug-likeness (QED) is 0.473. The fourth-order valence-electron chi connectivity index (χ4n) is 2.88. The van der Waals surface area contributed by atoms with E-state index in [1.165, 1.54) is 0 Å². The van der Waals surface area contributed by atoms with Crippen LogP contribution in [0, 0.1) is 0 Å². The SMILES string of the molecule is NC(=O)c1ccc(Oc2ccc(C(=O)NCc3ncc(-c4ccccc4)o3)cc2)cc1. The Labute approximate surface area is 178 Å². The third-order valence-corrected chi connectivity index (χ3v) is 4.50.